The van der Waals surface area contributed by atoms with Crippen molar-refractivity contribution in [3.05, 3.63) is 36.0 Å². The van der Waals surface area contributed by atoms with Gasteiger partial charge in [-0.2, -0.15) is 0 Å². The molecule has 2 heterocycles. The maximum absolute atomic E-state index is 12.6. The van der Waals surface area contributed by atoms with Gasteiger partial charge in [0.15, 0.2) is 0 Å². The Morgan fingerprint density at radius 2 is 2.05 bits per heavy atom. The van der Waals surface area contributed by atoms with Crippen LogP contribution >= 0.6 is 0 Å². The molecule has 0 bridgehead atoms. The van der Waals surface area contributed by atoms with Crippen molar-refractivity contribution in [2.24, 2.45) is 5.41 Å². The molecule has 1 spiro atoms. The number of fused-ring (bicyclic) bond motifs is 1. The van der Waals surface area contributed by atoms with Crippen molar-refractivity contribution in [3.63, 3.8) is 0 Å². The van der Waals surface area contributed by atoms with Crippen LogP contribution in [0.25, 0.3) is 10.9 Å². The lowest BCUT2D eigenvalue weighted by Crippen LogP contribution is -2.57. The second-order valence-corrected chi connectivity index (χ2v) is 6.29. The topological polar surface area (TPSA) is 54.1 Å². The first-order chi connectivity index (χ1) is 10.3. The van der Waals surface area contributed by atoms with Crippen molar-refractivity contribution >= 4 is 16.8 Å². The number of hydrogen-bond acceptors (Lipinski definition) is 2. The number of nitrogens with one attached hydrogen (secondary N) is 2. The summed E-state index contributed by atoms with van der Waals surface area (Å²) in [6.07, 6.45) is 6.27. The van der Waals surface area contributed by atoms with E-state index in [0.717, 1.165) is 48.9 Å². The Balaban J connectivity index is 1.53. The quantitative estimate of drug-likeness (QED) is 0.891. The summed E-state index contributed by atoms with van der Waals surface area (Å²) in [5, 5.41) is 4.25. The lowest BCUT2D eigenvalue weighted by molar-refractivity contribution is -0.0523. The van der Waals surface area contributed by atoms with Crippen LogP contribution < -0.4 is 5.32 Å². The Labute approximate surface area is 123 Å². The Morgan fingerprint density at radius 1 is 1.24 bits per heavy atom. The van der Waals surface area contributed by atoms with Crippen LogP contribution in [0, 0.1) is 5.41 Å². The van der Waals surface area contributed by atoms with E-state index in [4.69, 9.17) is 4.74 Å². The van der Waals surface area contributed by atoms with Gasteiger partial charge in [-0.1, -0.05) is 18.2 Å². The first-order valence-electron chi connectivity index (χ1n) is 7.73. The van der Waals surface area contributed by atoms with E-state index >= 15 is 0 Å². The van der Waals surface area contributed by atoms with E-state index in [1.807, 2.05) is 30.5 Å². The molecule has 1 amide bonds. The fourth-order valence-electron chi connectivity index (χ4n) is 3.79. The minimum Gasteiger partial charge on any atom is -0.381 e. The average molecular weight is 284 g/mol. The van der Waals surface area contributed by atoms with Crippen molar-refractivity contribution in [3.8, 4) is 0 Å². The summed E-state index contributed by atoms with van der Waals surface area (Å²) in [4.78, 5) is 15.8. The van der Waals surface area contributed by atoms with Crippen LogP contribution in [0.2, 0.25) is 0 Å². The van der Waals surface area contributed by atoms with Crippen molar-refractivity contribution in [2.75, 3.05) is 13.2 Å². The summed E-state index contributed by atoms with van der Waals surface area (Å²) in [6.45, 7) is 1.67. The maximum Gasteiger partial charge on any atom is 0.253 e. The Hall–Kier alpha value is -1.81. The zero-order valence-corrected chi connectivity index (χ0v) is 12.0. The van der Waals surface area contributed by atoms with Crippen LogP contribution in [0.1, 0.15) is 36.0 Å². The highest BCUT2D eigenvalue weighted by molar-refractivity contribution is 6.06. The number of para-hydroxylation sites is 1. The normalized spacial score (nSPS) is 23.9. The minimum absolute atomic E-state index is 0.0445. The van der Waals surface area contributed by atoms with E-state index in [1.54, 1.807) is 0 Å². The summed E-state index contributed by atoms with van der Waals surface area (Å²) in [6, 6.07) is 8.24. The van der Waals surface area contributed by atoms with Crippen LogP contribution in [0.5, 0.6) is 0 Å². The standard InChI is InChI=1S/C17H20N2O2/c20-16(13-11-18-14-4-2-1-3-12(13)14)19-15-5-6-17(15)7-9-21-10-8-17/h1-4,11,15,18H,5-10H2,(H,19,20). The van der Waals surface area contributed by atoms with E-state index in [9.17, 15) is 4.79 Å². The number of carbonyl (C=O) groups is 1. The van der Waals surface area contributed by atoms with Crippen LogP contribution in [0.4, 0.5) is 0 Å². The third kappa shape index (κ3) is 2.05. The highest BCUT2D eigenvalue weighted by Gasteiger charge is 2.48. The number of ether oxygens (including phenoxy) is 1. The summed E-state index contributed by atoms with van der Waals surface area (Å²) in [7, 11) is 0. The van der Waals surface area contributed by atoms with Gasteiger partial charge in [-0.15, -0.1) is 0 Å². The summed E-state index contributed by atoms with van der Waals surface area (Å²) in [5.74, 6) is 0.0445. The van der Waals surface area contributed by atoms with E-state index in [1.165, 1.54) is 6.42 Å². The SMILES string of the molecule is O=C(NC1CCC12CCOCC2)c1c[nH]c2ccccc12. The van der Waals surface area contributed by atoms with E-state index in [2.05, 4.69) is 10.3 Å². The third-order valence-electron chi connectivity index (χ3n) is 5.30. The molecule has 1 saturated heterocycles. The molecule has 1 aromatic carbocycles. The predicted molar refractivity (Wildman–Crippen MR) is 81.3 cm³/mol. The van der Waals surface area contributed by atoms with Crippen molar-refractivity contribution in [1.82, 2.24) is 10.3 Å². The third-order valence-corrected chi connectivity index (χ3v) is 5.30. The minimum atomic E-state index is 0.0445. The molecule has 21 heavy (non-hydrogen) atoms. The van der Waals surface area contributed by atoms with Gasteiger partial charge in [0.25, 0.3) is 5.91 Å². The summed E-state index contributed by atoms with van der Waals surface area (Å²) < 4.78 is 5.47. The Bertz CT molecular complexity index is 670. The van der Waals surface area contributed by atoms with Crippen LogP contribution in [-0.2, 0) is 4.74 Å². The molecule has 1 saturated carbocycles. The predicted octanol–water partition coefficient (Wildman–Crippen LogP) is 2.86. The Morgan fingerprint density at radius 3 is 2.81 bits per heavy atom. The van der Waals surface area contributed by atoms with Gasteiger partial charge in [0.2, 0.25) is 0 Å². The van der Waals surface area contributed by atoms with Crippen molar-refractivity contribution < 1.29 is 9.53 Å². The molecule has 1 atom stereocenters. The average Bonchev–Trinajstić information content (AvgIpc) is 2.96. The molecular formula is C17H20N2O2. The summed E-state index contributed by atoms with van der Waals surface area (Å²) >= 11 is 0. The largest absolute Gasteiger partial charge is 0.381 e. The van der Waals surface area contributed by atoms with E-state index in [0.29, 0.717) is 11.5 Å². The lowest BCUT2D eigenvalue weighted by atomic mass is 9.60. The molecule has 2 aliphatic rings. The number of aromatic amines is 1. The van der Waals surface area contributed by atoms with Gasteiger partial charge in [-0.25, -0.2) is 0 Å². The molecule has 1 aromatic heterocycles. The Kier molecular flexibility index (Phi) is 3.00. The zero-order chi connectivity index (χ0) is 14.3. The summed E-state index contributed by atoms with van der Waals surface area (Å²) in [5.41, 5.74) is 2.05. The number of amides is 1. The van der Waals surface area contributed by atoms with Gasteiger partial charge in [0.05, 0.1) is 5.56 Å². The molecule has 110 valence electrons. The van der Waals surface area contributed by atoms with Crippen molar-refractivity contribution in [1.29, 1.82) is 0 Å². The lowest BCUT2D eigenvalue weighted by Gasteiger charge is -2.52. The zero-order valence-electron chi connectivity index (χ0n) is 12.0. The first kappa shape index (κ1) is 12.9. The highest BCUT2D eigenvalue weighted by Crippen LogP contribution is 2.48. The van der Waals surface area contributed by atoms with Crippen LogP contribution in [0.3, 0.4) is 0 Å². The monoisotopic (exact) mass is 284 g/mol. The van der Waals surface area contributed by atoms with Gasteiger partial charge >= 0.3 is 0 Å². The molecule has 2 fully saturated rings. The molecule has 1 aliphatic carbocycles. The van der Waals surface area contributed by atoms with Crippen molar-refractivity contribution in [2.45, 2.75) is 31.7 Å². The fourth-order valence-corrected chi connectivity index (χ4v) is 3.79. The van der Waals surface area contributed by atoms with Gasteiger partial charge in [-0.3, -0.25) is 4.79 Å². The second kappa shape index (κ2) is 4.88. The maximum atomic E-state index is 12.6. The molecule has 2 N–H and O–H groups in total. The molecule has 0 radical (unpaired) electrons. The van der Waals surface area contributed by atoms with Gasteiger partial charge in [0.1, 0.15) is 0 Å². The smallest absolute Gasteiger partial charge is 0.253 e. The molecule has 4 rings (SSSR count). The molecule has 2 aromatic rings. The molecule has 4 nitrogen and oxygen atoms in total. The molecule has 4 heteroatoms. The van der Waals surface area contributed by atoms with Gasteiger partial charge in [-0.05, 0) is 37.2 Å². The number of benzene rings is 1. The number of hydrogen-bond donors (Lipinski definition) is 2. The van der Waals surface area contributed by atoms with Gasteiger partial charge in [0, 0.05) is 36.4 Å². The van der Waals surface area contributed by atoms with Crippen LogP contribution in [0.15, 0.2) is 30.5 Å². The number of carbonyl (C=O) groups excluding carboxylic acids is 1. The number of aromatic nitrogens is 1. The highest BCUT2D eigenvalue weighted by atomic mass is 16.5. The van der Waals surface area contributed by atoms with E-state index in [-0.39, 0.29) is 5.91 Å². The number of H-pyrrole nitrogens is 1. The number of rotatable bonds is 2. The van der Waals surface area contributed by atoms with E-state index < -0.39 is 0 Å². The second-order valence-electron chi connectivity index (χ2n) is 6.29. The first-order valence-corrected chi connectivity index (χ1v) is 7.73. The molecular weight excluding hydrogens is 264 g/mol. The molecule has 1 unspecified atom stereocenters. The van der Waals surface area contributed by atoms with Crippen LogP contribution in [-0.4, -0.2) is 30.1 Å². The van der Waals surface area contributed by atoms with Gasteiger partial charge < -0.3 is 15.0 Å². The fraction of sp³-hybridized carbons (Fsp3) is 0.471. The molecule has 1 aliphatic heterocycles.